The highest BCUT2D eigenvalue weighted by Crippen LogP contribution is 2.31. The Balaban J connectivity index is 2.43. The third-order valence-corrected chi connectivity index (χ3v) is 6.35. The predicted molar refractivity (Wildman–Crippen MR) is 83.7 cm³/mol. The second-order valence-corrected chi connectivity index (χ2v) is 7.95. The van der Waals surface area contributed by atoms with Crippen LogP contribution in [0, 0.1) is 13.8 Å². The molecule has 1 heterocycles. The van der Waals surface area contributed by atoms with Crippen molar-refractivity contribution >= 4 is 15.7 Å². The summed E-state index contributed by atoms with van der Waals surface area (Å²) in [4.78, 5) is 0.372. The summed E-state index contributed by atoms with van der Waals surface area (Å²) in [6, 6.07) is 3.42. The van der Waals surface area contributed by atoms with Crippen LogP contribution in [0.3, 0.4) is 0 Å². The number of hydrogen-bond acceptors (Lipinski definition) is 4. The maximum absolute atomic E-state index is 13.0. The van der Waals surface area contributed by atoms with Crippen molar-refractivity contribution in [3.8, 4) is 0 Å². The van der Waals surface area contributed by atoms with Crippen LogP contribution in [0.15, 0.2) is 17.0 Å². The highest BCUT2D eigenvalue weighted by atomic mass is 32.2. The van der Waals surface area contributed by atoms with Crippen molar-refractivity contribution in [1.29, 1.82) is 0 Å². The normalized spacial score (nSPS) is 24.2. The molecule has 0 radical (unpaired) electrons. The Kier molecular flexibility index (Phi) is 4.33. The number of nitrogens with two attached hydrogens (primary N) is 1. The molecule has 0 bridgehead atoms. The Morgan fingerprint density at radius 2 is 1.86 bits per heavy atom. The molecule has 21 heavy (non-hydrogen) atoms. The highest BCUT2D eigenvalue weighted by Gasteiger charge is 2.38. The van der Waals surface area contributed by atoms with Crippen molar-refractivity contribution in [2.75, 3.05) is 25.9 Å². The maximum atomic E-state index is 13.0. The number of anilines is 1. The number of sulfonamides is 1. The van der Waals surface area contributed by atoms with Crippen molar-refractivity contribution < 1.29 is 13.2 Å². The number of nitrogens with zero attached hydrogens (tertiary/aromatic N) is 1. The van der Waals surface area contributed by atoms with Crippen molar-refractivity contribution in [2.45, 2.75) is 44.1 Å². The largest absolute Gasteiger partial charge is 0.399 e. The first kappa shape index (κ1) is 16.3. The first-order valence-corrected chi connectivity index (χ1v) is 8.56. The van der Waals surface area contributed by atoms with Crippen molar-refractivity contribution in [3.63, 3.8) is 0 Å². The molecule has 1 aromatic carbocycles. The van der Waals surface area contributed by atoms with Gasteiger partial charge >= 0.3 is 0 Å². The number of rotatable bonds is 3. The molecule has 1 atom stereocenters. The van der Waals surface area contributed by atoms with Gasteiger partial charge in [0.1, 0.15) is 0 Å². The van der Waals surface area contributed by atoms with Gasteiger partial charge in [0.15, 0.2) is 0 Å². The van der Waals surface area contributed by atoms with Crippen LogP contribution in [0.25, 0.3) is 0 Å². The predicted octanol–water partition coefficient (Wildman–Crippen LogP) is 2.08. The monoisotopic (exact) mass is 312 g/mol. The Morgan fingerprint density at radius 1 is 1.29 bits per heavy atom. The van der Waals surface area contributed by atoms with Gasteiger partial charge in [-0.1, -0.05) is 0 Å². The number of methoxy groups -OCH3 is 1. The van der Waals surface area contributed by atoms with E-state index in [1.165, 1.54) is 4.31 Å². The molecule has 1 fully saturated rings. The van der Waals surface area contributed by atoms with E-state index in [-0.39, 0.29) is 0 Å². The summed E-state index contributed by atoms with van der Waals surface area (Å²) in [6.07, 6.45) is 1.67. The molecule has 118 valence electrons. The standard InChI is InChI=1S/C15H24N2O3S/c1-11-8-13(16)9-12(2)14(11)21(18,19)17-7-5-6-15(3,10-17)20-4/h8-9H,5-7,10,16H2,1-4H3. The van der Waals surface area contributed by atoms with Gasteiger partial charge in [0.25, 0.3) is 0 Å². The molecule has 0 saturated carbocycles. The molecular formula is C15H24N2O3S. The lowest BCUT2D eigenvalue weighted by Gasteiger charge is -2.39. The zero-order chi connectivity index (χ0) is 15.8. The van der Waals surface area contributed by atoms with Crippen LogP contribution in [-0.4, -0.2) is 38.5 Å². The highest BCUT2D eigenvalue weighted by molar-refractivity contribution is 7.89. The minimum Gasteiger partial charge on any atom is -0.399 e. The Bertz CT molecular complexity index is 619. The second kappa shape index (κ2) is 5.59. The lowest BCUT2D eigenvalue weighted by atomic mass is 9.96. The molecule has 1 saturated heterocycles. The van der Waals surface area contributed by atoms with Gasteiger partial charge in [0.2, 0.25) is 10.0 Å². The zero-order valence-corrected chi connectivity index (χ0v) is 14.0. The van der Waals surface area contributed by atoms with Crippen molar-refractivity contribution in [2.24, 2.45) is 0 Å². The van der Waals surface area contributed by atoms with Gasteiger partial charge in [-0.05, 0) is 56.9 Å². The number of hydrogen-bond donors (Lipinski definition) is 1. The molecule has 0 aliphatic carbocycles. The van der Waals surface area contributed by atoms with Gasteiger partial charge in [-0.15, -0.1) is 0 Å². The molecule has 1 aliphatic rings. The topological polar surface area (TPSA) is 72.6 Å². The first-order chi connectivity index (χ1) is 9.69. The molecule has 0 aromatic heterocycles. The minimum atomic E-state index is -3.52. The number of aryl methyl sites for hydroxylation is 2. The van der Waals surface area contributed by atoms with Gasteiger partial charge in [-0.2, -0.15) is 4.31 Å². The van der Waals surface area contributed by atoms with Crippen LogP contribution in [0.1, 0.15) is 30.9 Å². The van der Waals surface area contributed by atoms with E-state index in [0.29, 0.717) is 34.8 Å². The Morgan fingerprint density at radius 3 is 2.38 bits per heavy atom. The molecule has 0 spiro atoms. The maximum Gasteiger partial charge on any atom is 0.243 e. The van der Waals surface area contributed by atoms with Crippen LogP contribution in [0.4, 0.5) is 5.69 Å². The van der Waals surface area contributed by atoms with Crippen LogP contribution in [-0.2, 0) is 14.8 Å². The second-order valence-electron chi connectivity index (χ2n) is 6.08. The van der Waals surface area contributed by atoms with Crippen molar-refractivity contribution in [1.82, 2.24) is 4.31 Å². The average Bonchev–Trinajstić information content (AvgIpc) is 2.37. The lowest BCUT2D eigenvalue weighted by molar-refractivity contribution is -0.0319. The molecule has 5 nitrogen and oxygen atoms in total. The van der Waals surface area contributed by atoms with Gasteiger partial charge in [-0.3, -0.25) is 0 Å². The zero-order valence-electron chi connectivity index (χ0n) is 13.1. The van der Waals surface area contributed by atoms with Crippen LogP contribution in [0.2, 0.25) is 0 Å². The molecular weight excluding hydrogens is 288 g/mol. The fourth-order valence-corrected chi connectivity index (χ4v) is 5.05. The van der Waals surface area contributed by atoms with E-state index in [0.717, 1.165) is 12.8 Å². The summed E-state index contributed by atoms with van der Waals surface area (Å²) >= 11 is 0. The quantitative estimate of drug-likeness (QED) is 0.867. The van der Waals surface area contributed by atoms with Gasteiger partial charge in [0, 0.05) is 25.9 Å². The fraction of sp³-hybridized carbons (Fsp3) is 0.600. The molecule has 1 aromatic rings. The first-order valence-electron chi connectivity index (χ1n) is 7.12. The fourth-order valence-electron chi connectivity index (χ4n) is 3.05. The molecule has 6 heteroatoms. The van der Waals surface area contributed by atoms with E-state index in [9.17, 15) is 8.42 Å². The number of piperidine rings is 1. The summed E-state index contributed by atoms with van der Waals surface area (Å²) in [5.74, 6) is 0. The molecule has 0 amide bonds. The molecule has 1 aliphatic heterocycles. The van der Waals surface area contributed by atoms with Gasteiger partial charge < -0.3 is 10.5 Å². The summed E-state index contributed by atoms with van der Waals surface area (Å²) in [5, 5.41) is 0. The van der Waals surface area contributed by atoms with Gasteiger partial charge in [0.05, 0.1) is 10.5 Å². The van der Waals surface area contributed by atoms with Crippen LogP contribution in [0.5, 0.6) is 0 Å². The number of ether oxygens (including phenoxy) is 1. The van der Waals surface area contributed by atoms with E-state index < -0.39 is 15.6 Å². The van der Waals surface area contributed by atoms with E-state index >= 15 is 0 Å². The third kappa shape index (κ3) is 3.07. The third-order valence-electron chi connectivity index (χ3n) is 4.20. The summed E-state index contributed by atoms with van der Waals surface area (Å²) in [5.41, 5.74) is 7.34. The number of nitrogen functional groups attached to an aromatic ring is 1. The van der Waals surface area contributed by atoms with E-state index in [1.807, 2.05) is 6.92 Å². The van der Waals surface area contributed by atoms with Crippen molar-refractivity contribution in [3.05, 3.63) is 23.3 Å². The SMILES string of the molecule is COC1(C)CCCN(S(=O)(=O)c2c(C)cc(N)cc2C)C1. The van der Waals surface area contributed by atoms with E-state index in [1.54, 1.807) is 33.1 Å². The molecule has 2 N–H and O–H groups in total. The number of benzene rings is 1. The van der Waals surface area contributed by atoms with Gasteiger partial charge in [-0.25, -0.2) is 8.42 Å². The van der Waals surface area contributed by atoms with E-state index in [2.05, 4.69) is 0 Å². The lowest BCUT2D eigenvalue weighted by Crippen LogP contribution is -2.49. The summed E-state index contributed by atoms with van der Waals surface area (Å²) in [6.45, 7) is 6.45. The Labute approximate surface area is 127 Å². The summed E-state index contributed by atoms with van der Waals surface area (Å²) < 4.78 is 33.0. The average molecular weight is 312 g/mol. The minimum absolute atomic E-state index is 0.372. The Hall–Kier alpha value is -1.11. The smallest absolute Gasteiger partial charge is 0.243 e. The van der Waals surface area contributed by atoms with Crippen LogP contribution < -0.4 is 5.73 Å². The van der Waals surface area contributed by atoms with E-state index in [4.69, 9.17) is 10.5 Å². The molecule has 2 rings (SSSR count). The van der Waals surface area contributed by atoms with Crippen LogP contribution >= 0.6 is 0 Å². The summed E-state index contributed by atoms with van der Waals surface area (Å²) in [7, 11) is -1.89. The molecule has 1 unspecified atom stereocenters.